The molecule has 0 radical (unpaired) electrons. The van der Waals surface area contributed by atoms with Crippen LogP contribution in [0.4, 0.5) is 0 Å². The highest BCUT2D eigenvalue weighted by Gasteiger charge is 2.70. The monoisotopic (exact) mass is 572 g/mol. The molecule has 1 aromatic carbocycles. The van der Waals surface area contributed by atoms with Crippen molar-refractivity contribution >= 4 is 12.0 Å². The van der Waals surface area contributed by atoms with E-state index in [9.17, 15) is 9.90 Å². The molecule has 3 heteroatoms. The summed E-state index contributed by atoms with van der Waals surface area (Å²) >= 11 is 0. The van der Waals surface area contributed by atoms with Crippen LogP contribution in [-0.4, -0.2) is 23.8 Å². The summed E-state index contributed by atoms with van der Waals surface area (Å²) in [6.07, 6.45) is 15.2. The second kappa shape index (κ2) is 10.4. The molecule has 0 saturated heterocycles. The zero-order valence-corrected chi connectivity index (χ0v) is 27.3. The van der Waals surface area contributed by atoms with Crippen molar-refractivity contribution in [1.29, 1.82) is 0 Å². The Labute approximate surface area is 255 Å². The Hall–Kier alpha value is -1.87. The van der Waals surface area contributed by atoms with Crippen molar-refractivity contribution in [3.05, 3.63) is 54.1 Å². The van der Waals surface area contributed by atoms with Crippen molar-refractivity contribution in [3.63, 3.8) is 0 Å². The van der Waals surface area contributed by atoms with Crippen LogP contribution in [0.2, 0.25) is 0 Å². The Balaban J connectivity index is 1.27. The standard InChI is InChI=1S/C39H56O3/c1-26(2)28-17-22-39(25-42-33(41)16-13-27-11-9-8-10-12-27)24-23-37(6)29(34(28)39)14-15-31-36(5)20-19-32(40)35(3,4)30(36)18-21-38(31,37)7/h8-13,16,28-32,34,40H,1,14-15,17-25H2,2-7H3/t28-,29+,30-,31-,32-,34-,36+,37+,38+,39+/m0/s1. The molecule has 0 bridgehead atoms. The highest BCUT2D eigenvalue weighted by atomic mass is 16.5. The van der Waals surface area contributed by atoms with Crippen LogP contribution >= 0.6 is 0 Å². The van der Waals surface area contributed by atoms with Gasteiger partial charge in [-0.3, -0.25) is 0 Å². The van der Waals surface area contributed by atoms with Crippen LogP contribution < -0.4 is 0 Å². The SMILES string of the molecule is C=C(C)[C@@H]1CC[C@]2(COC(=O)C=Cc3ccccc3)CC[C@]3(C)[C@H](CC[C@H]4[C@]5(C)CC[C@H](O)C(C)(C)[C@@H]5CC[C@]43C)[C@H]12. The molecule has 5 aliphatic rings. The van der Waals surface area contributed by atoms with Crippen molar-refractivity contribution in [2.24, 2.45) is 56.7 Å². The number of aliphatic hydroxyl groups is 1. The number of allylic oxidation sites excluding steroid dienone is 1. The van der Waals surface area contributed by atoms with Crippen LogP contribution in [0.25, 0.3) is 6.08 Å². The van der Waals surface area contributed by atoms with Gasteiger partial charge >= 0.3 is 5.97 Å². The second-order valence-corrected chi connectivity index (χ2v) is 16.8. The molecule has 10 atom stereocenters. The van der Waals surface area contributed by atoms with Gasteiger partial charge in [-0.2, -0.15) is 0 Å². The maximum Gasteiger partial charge on any atom is 0.330 e. The molecular weight excluding hydrogens is 516 g/mol. The number of ether oxygens (including phenoxy) is 1. The van der Waals surface area contributed by atoms with E-state index in [0.29, 0.717) is 47.0 Å². The average Bonchev–Trinajstić information content (AvgIpc) is 3.34. The fourth-order valence-electron chi connectivity index (χ4n) is 12.5. The maximum atomic E-state index is 12.9. The quantitative estimate of drug-likeness (QED) is 0.217. The van der Waals surface area contributed by atoms with Gasteiger partial charge in [0.2, 0.25) is 0 Å². The summed E-state index contributed by atoms with van der Waals surface area (Å²) in [6, 6.07) is 9.99. The molecule has 3 nitrogen and oxygen atoms in total. The third kappa shape index (κ3) is 4.33. The summed E-state index contributed by atoms with van der Waals surface area (Å²) in [5.41, 5.74) is 3.26. The Bertz CT molecular complexity index is 1230. The lowest BCUT2D eigenvalue weighted by molar-refractivity contribution is -0.249. The second-order valence-electron chi connectivity index (χ2n) is 16.8. The van der Waals surface area contributed by atoms with E-state index in [2.05, 4.69) is 48.1 Å². The third-order valence-corrected chi connectivity index (χ3v) is 14.9. The lowest BCUT2D eigenvalue weighted by Gasteiger charge is -2.73. The fraction of sp³-hybridized carbons (Fsp3) is 0.718. The van der Waals surface area contributed by atoms with Crippen molar-refractivity contribution in [2.45, 2.75) is 112 Å². The number of carbonyl (C=O) groups is 1. The largest absolute Gasteiger partial charge is 0.462 e. The molecule has 0 aromatic heterocycles. The minimum Gasteiger partial charge on any atom is -0.462 e. The van der Waals surface area contributed by atoms with Gasteiger partial charge < -0.3 is 9.84 Å². The Morgan fingerprint density at radius 3 is 2.36 bits per heavy atom. The van der Waals surface area contributed by atoms with Gasteiger partial charge in [-0.05, 0) is 134 Å². The molecule has 5 fully saturated rings. The Kier molecular flexibility index (Phi) is 7.44. The molecule has 0 unspecified atom stereocenters. The minimum atomic E-state index is -0.219. The number of fused-ring (bicyclic) bond motifs is 7. The molecule has 5 aliphatic carbocycles. The summed E-state index contributed by atoms with van der Waals surface area (Å²) in [5.74, 6) is 2.76. The van der Waals surface area contributed by atoms with Crippen LogP contribution in [-0.2, 0) is 9.53 Å². The first kappa shape index (κ1) is 30.2. The summed E-state index contributed by atoms with van der Waals surface area (Å²) in [4.78, 5) is 12.9. The first-order chi connectivity index (χ1) is 19.8. The normalized spacial score (nSPS) is 45.8. The number of aliphatic hydroxyl groups excluding tert-OH is 1. The number of benzene rings is 1. The predicted octanol–water partition coefficient (Wildman–Crippen LogP) is 9.26. The van der Waals surface area contributed by atoms with Gasteiger partial charge in [0.25, 0.3) is 0 Å². The predicted molar refractivity (Wildman–Crippen MR) is 171 cm³/mol. The molecule has 0 aliphatic heterocycles. The first-order valence-corrected chi connectivity index (χ1v) is 17.0. The summed E-state index contributed by atoms with van der Waals surface area (Å²) < 4.78 is 6.12. The van der Waals surface area contributed by atoms with E-state index in [1.807, 2.05) is 36.4 Å². The Morgan fingerprint density at radius 1 is 0.905 bits per heavy atom. The van der Waals surface area contributed by atoms with Gasteiger partial charge in [-0.15, -0.1) is 0 Å². The van der Waals surface area contributed by atoms with Crippen LogP contribution in [0, 0.1) is 56.7 Å². The van der Waals surface area contributed by atoms with E-state index in [1.165, 1.54) is 44.1 Å². The molecule has 0 amide bonds. The number of carbonyl (C=O) groups excluding carboxylic acids is 1. The van der Waals surface area contributed by atoms with Gasteiger partial charge in [0.1, 0.15) is 0 Å². The summed E-state index contributed by atoms with van der Waals surface area (Å²) in [5, 5.41) is 11.0. The number of esters is 1. The topological polar surface area (TPSA) is 46.5 Å². The Morgan fingerprint density at radius 2 is 1.64 bits per heavy atom. The maximum absolute atomic E-state index is 12.9. The number of hydrogen-bond acceptors (Lipinski definition) is 3. The van der Waals surface area contributed by atoms with E-state index in [0.717, 1.165) is 31.2 Å². The van der Waals surface area contributed by atoms with E-state index >= 15 is 0 Å². The molecule has 230 valence electrons. The van der Waals surface area contributed by atoms with Gasteiger partial charge in [0.15, 0.2) is 0 Å². The van der Waals surface area contributed by atoms with Crippen LogP contribution in [0.3, 0.4) is 0 Å². The number of rotatable bonds is 5. The van der Waals surface area contributed by atoms with Crippen molar-refractivity contribution in [1.82, 2.24) is 0 Å². The van der Waals surface area contributed by atoms with Crippen molar-refractivity contribution < 1.29 is 14.6 Å². The van der Waals surface area contributed by atoms with E-state index in [4.69, 9.17) is 4.74 Å². The lowest BCUT2D eigenvalue weighted by atomic mass is 9.32. The first-order valence-electron chi connectivity index (χ1n) is 17.0. The average molecular weight is 573 g/mol. The van der Waals surface area contributed by atoms with Crippen LogP contribution in [0.15, 0.2) is 48.6 Å². The third-order valence-electron chi connectivity index (χ3n) is 14.9. The summed E-state index contributed by atoms with van der Waals surface area (Å²) in [6.45, 7) is 20.0. The van der Waals surface area contributed by atoms with E-state index < -0.39 is 0 Å². The van der Waals surface area contributed by atoms with E-state index in [1.54, 1.807) is 6.08 Å². The molecule has 1 aromatic rings. The van der Waals surface area contributed by atoms with E-state index in [-0.39, 0.29) is 28.3 Å². The van der Waals surface area contributed by atoms with Crippen LogP contribution in [0.5, 0.6) is 0 Å². The van der Waals surface area contributed by atoms with Crippen LogP contribution in [0.1, 0.15) is 111 Å². The molecule has 0 heterocycles. The molecule has 1 N–H and O–H groups in total. The molecule has 0 spiro atoms. The zero-order valence-electron chi connectivity index (χ0n) is 27.3. The fourth-order valence-corrected chi connectivity index (χ4v) is 12.5. The molecular formula is C39H56O3. The highest BCUT2D eigenvalue weighted by Crippen LogP contribution is 2.77. The van der Waals surface area contributed by atoms with Gasteiger partial charge in [0, 0.05) is 11.5 Å². The summed E-state index contributed by atoms with van der Waals surface area (Å²) in [7, 11) is 0. The lowest BCUT2D eigenvalue weighted by Crippen LogP contribution is -2.66. The van der Waals surface area contributed by atoms with Gasteiger partial charge in [0.05, 0.1) is 12.7 Å². The smallest absolute Gasteiger partial charge is 0.330 e. The van der Waals surface area contributed by atoms with Gasteiger partial charge in [-0.25, -0.2) is 4.79 Å². The molecule has 5 saturated carbocycles. The van der Waals surface area contributed by atoms with Crippen molar-refractivity contribution in [3.8, 4) is 0 Å². The number of hydrogen-bond donors (Lipinski definition) is 1. The van der Waals surface area contributed by atoms with Gasteiger partial charge in [-0.1, -0.05) is 77.1 Å². The van der Waals surface area contributed by atoms with Crippen molar-refractivity contribution in [2.75, 3.05) is 6.61 Å². The zero-order chi connectivity index (χ0) is 30.1. The highest BCUT2D eigenvalue weighted by molar-refractivity contribution is 5.87. The molecule has 42 heavy (non-hydrogen) atoms. The molecule has 6 rings (SSSR count). The minimum absolute atomic E-state index is 0.0108.